The Bertz CT molecular complexity index is 172. The fraction of sp³-hybridized carbons (Fsp3) is 1.00. The molecule has 0 aromatic carbocycles. The first-order chi connectivity index (χ1) is 6.95. The number of nitrogens with two attached hydrogens (primary N) is 1. The lowest BCUT2D eigenvalue weighted by Gasteiger charge is -2.30. The van der Waals surface area contributed by atoms with Gasteiger partial charge < -0.3 is 19.0 Å². The minimum Gasteiger partial charge on any atom is -0.377 e. The van der Waals surface area contributed by atoms with Gasteiger partial charge in [-0.2, -0.15) is 0 Å². The molecule has 0 aromatic heterocycles. The summed E-state index contributed by atoms with van der Waals surface area (Å²) in [5.74, 6) is 0. The summed E-state index contributed by atoms with van der Waals surface area (Å²) in [5, 5.41) is 0. The minimum atomic E-state index is -2.43. The van der Waals surface area contributed by atoms with E-state index < -0.39 is 8.80 Å². The van der Waals surface area contributed by atoms with Crippen molar-refractivity contribution in [2.24, 2.45) is 11.1 Å². The highest BCUT2D eigenvalue weighted by molar-refractivity contribution is 6.60. The zero-order chi connectivity index (χ0) is 11.9. The maximum atomic E-state index is 5.69. The van der Waals surface area contributed by atoms with E-state index >= 15 is 0 Å². The van der Waals surface area contributed by atoms with Gasteiger partial charge in [0.1, 0.15) is 0 Å². The molecule has 0 spiro atoms. The third-order valence-corrected chi connectivity index (χ3v) is 5.48. The molecule has 4 nitrogen and oxygen atoms in total. The van der Waals surface area contributed by atoms with Gasteiger partial charge in [0.25, 0.3) is 0 Å². The van der Waals surface area contributed by atoms with Crippen molar-refractivity contribution in [3.05, 3.63) is 0 Å². The summed E-state index contributed by atoms with van der Waals surface area (Å²) in [6.45, 7) is 7.52. The zero-order valence-corrected chi connectivity index (χ0v) is 11.6. The highest BCUT2D eigenvalue weighted by Crippen LogP contribution is 2.26. The van der Waals surface area contributed by atoms with Crippen LogP contribution in [0.4, 0.5) is 0 Å². The second-order valence-electron chi connectivity index (χ2n) is 4.39. The topological polar surface area (TPSA) is 53.7 Å². The number of hydrogen-bond donors (Lipinski definition) is 1. The van der Waals surface area contributed by atoms with E-state index in [1.165, 1.54) is 0 Å². The third-order valence-electron chi connectivity index (χ3n) is 2.65. The number of hydrogen-bond acceptors (Lipinski definition) is 4. The zero-order valence-electron chi connectivity index (χ0n) is 10.6. The summed E-state index contributed by atoms with van der Waals surface area (Å²) in [7, 11) is 0.882. The van der Waals surface area contributed by atoms with Crippen LogP contribution in [-0.4, -0.2) is 36.2 Å². The van der Waals surface area contributed by atoms with Crippen molar-refractivity contribution in [3.8, 4) is 0 Å². The summed E-state index contributed by atoms with van der Waals surface area (Å²) in [6.07, 6.45) is 0.956. The SMILES string of the molecule is CCO[Si](CCC(C)(C)CN)(OC)OC. The second kappa shape index (κ2) is 6.60. The van der Waals surface area contributed by atoms with Gasteiger partial charge in [-0.25, -0.2) is 0 Å². The first kappa shape index (κ1) is 15.1. The Hall–Kier alpha value is 0.0569. The predicted molar refractivity (Wildman–Crippen MR) is 63.7 cm³/mol. The fourth-order valence-electron chi connectivity index (χ4n) is 1.29. The lowest BCUT2D eigenvalue weighted by molar-refractivity contribution is 0.0995. The molecule has 0 radical (unpaired) electrons. The van der Waals surface area contributed by atoms with E-state index in [4.69, 9.17) is 19.0 Å². The molecule has 0 aliphatic heterocycles. The highest BCUT2D eigenvalue weighted by Gasteiger charge is 2.39. The molecule has 0 aliphatic rings. The average molecular weight is 235 g/mol. The van der Waals surface area contributed by atoms with Crippen LogP contribution in [0.3, 0.4) is 0 Å². The lowest BCUT2D eigenvalue weighted by atomic mass is 9.91. The highest BCUT2D eigenvalue weighted by atomic mass is 28.4. The molecule has 0 atom stereocenters. The predicted octanol–water partition coefficient (Wildman–Crippen LogP) is 1.63. The van der Waals surface area contributed by atoms with E-state index in [0.29, 0.717) is 13.2 Å². The summed E-state index contributed by atoms with van der Waals surface area (Å²) in [5.41, 5.74) is 5.80. The van der Waals surface area contributed by atoms with Crippen LogP contribution < -0.4 is 5.73 Å². The standard InChI is InChI=1S/C10H25NO3Si/c1-6-14-15(12-4,13-5)8-7-10(2,3)9-11/h6-9,11H2,1-5H3. The Morgan fingerprint density at radius 1 is 1.20 bits per heavy atom. The molecule has 0 unspecified atom stereocenters. The molecular weight excluding hydrogens is 210 g/mol. The van der Waals surface area contributed by atoms with Gasteiger partial charge in [-0.3, -0.25) is 0 Å². The molecule has 0 bridgehead atoms. The van der Waals surface area contributed by atoms with Gasteiger partial charge in [-0.05, 0) is 25.3 Å². The average Bonchev–Trinajstić information content (AvgIpc) is 2.24. The second-order valence-corrected chi connectivity index (χ2v) is 7.36. The third kappa shape index (κ3) is 5.08. The van der Waals surface area contributed by atoms with Gasteiger partial charge in [-0.15, -0.1) is 0 Å². The summed E-state index contributed by atoms with van der Waals surface area (Å²) in [4.78, 5) is 0. The van der Waals surface area contributed by atoms with Crippen molar-refractivity contribution in [1.29, 1.82) is 0 Å². The number of rotatable bonds is 8. The Balaban J connectivity index is 4.28. The molecule has 0 rings (SSSR count). The molecule has 0 saturated carbocycles. The van der Waals surface area contributed by atoms with Crippen molar-refractivity contribution in [2.75, 3.05) is 27.4 Å². The summed E-state index contributed by atoms with van der Waals surface area (Å²) < 4.78 is 16.5. The van der Waals surface area contributed by atoms with Gasteiger partial charge in [0.15, 0.2) is 0 Å². The molecule has 0 fully saturated rings. The Kier molecular flexibility index (Phi) is 6.62. The quantitative estimate of drug-likeness (QED) is 0.650. The van der Waals surface area contributed by atoms with E-state index in [2.05, 4.69) is 13.8 Å². The molecule has 0 saturated heterocycles. The van der Waals surface area contributed by atoms with E-state index in [9.17, 15) is 0 Å². The van der Waals surface area contributed by atoms with Crippen LogP contribution >= 0.6 is 0 Å². The molecule has 0 aromatic rings. The molecule has 92 valence electrons. The first-order valence-corrected chi connectivity index (χ1v) is 7.33. The van der Waals surface area contributed by atoms with Gasteiger partial charge in [0.05, 0.1) is 0 Å². The van der Waals surface area contributed by atoms with E-state index in [1.54, 1.807) is 14.2 Å². The Morgan fingerprint density at radius 3 is 2.07 bits per heavy atom. The minimum absolute atomic E-state index is 0.117. The van der Waals surface area contributed by atoms with Crippen LogP contribution in [0.5, 0.6) is 0 Å². The maximum Gasteiger partial charge on any atom is 0.500 e. The van der Waals surface area contributed by atoms with Crippen molar-refractivity contribution < 1.29 is 13.3 Å². The normalized spacial score (nSPS) is 13.2. The molecule has 0 heterocycles. The van der Waals surface area contributed by atoms with Gasteiger partial charge in [-0.1, -0.05) is 13.8 Å². The first-order valence-electron chi connectivity index (χ1n) is 5.39. The van der Waals surface area contributed by atoms with Crippen molar-refractivity contribution in [1.82, 2.24) is 0 Å². The van der Waals surface area contributed by atoms with Crippen LogP contribution in [0.25, 0.3) is 0 Å². The van der Waals surface area contributed by atoms with E-state index in [0.717, 1.165) is 12.5 Å². The molecule has 0 amide bonds. The van der Waals surface area contributed by atoms with Crippen molar-refractivity contribution >= 4 is 8.80 Å². The smallest absolute Gasteiger partial charge is 0.377 e. The van der Waals surface area contributed by atoms with Gasteiger partial charge in [0, 0.05) is 26.9 Å². The largest absolute Gasteiger partial charge is 0.500 e. The van der Waals surface area contributed by atoms with Crippen LogP contribution in [0.2, 0.25) is 6.04 Å². The van der Waals surface area contributed by atoms with Crippen molar-refractivity contribution in [3.63, 3.8) is 0 Å². The van der Waals surface area contributed by atoms with Gasteiger partial charge in [0.2, 0.25) is 0 Å². The summed E-state index contributed by atoms with van der Waals surface area (Å²) in [6, 6.07) is 0.818. The monoisotopic (exact) mass is 235 g/mol. The van der Waals surface area contributed by atoms with E-state index in [-0.39, 0.29) is 5.41 Å². The lowest BCUT2D eigenvalue weighted by Crippen LogP contribution is -2.45. The molecular formula is C10H25NO3Si. The maximum absolute atomic E-state index is 5.69. The molecule has 2 N–H and O–H groups in total. The van der Waals surface area contributed by atoms with Crippen LogP contribution in [0, 0.1) is 5.41 Å². The van der Waals surface area contributed by atoms with E-state index in [1.807, 2.05) is 6.92 Å². The molecule has 5 heteroatoms. The summed E-state index contributed by atoms with van der Waals surface area (Å²) >= 11 is 0. The van der Waals surface area contributed by atoms with Crippen LogP contribution in [0.1, 0.15) is 27.2 Å². The fourth-order valence-corrected chi connectivity index (χ4v) is 3.67. The van der Waals surface area contributed by atoms with Crippen molar-refractivity contribution in [2.45, 2.75) is 33.2 Å². The molecule has 15 heavy (non-hydrogen) atoms. The Labute approximate surface area is 94.5 Å². The van der Waals surface area contributed by atoms with Gasteiger partial charge >= 0.3 is 8.80 Å². The van der Waals surface area contributed by atoms with Crippen LogP contribution in [-0.2, 0) is 13.3 Å². The Morgan fingerprint density at radius 2 is 1.73 bits per heavy atom. The molecule has 0 aliphatic carbocycles. The van der Waals surface area contributed by atoms with Crippen LogP contribution in [0.15, 0.2) is 0 Å².